The molecule has 0 saturated carbocycles. The van der Waals surface area contributed by atoms with Gasteiger partial charge in [-0.15, -0.1) is 6.58 Å². The summed E-state index contributed by atoms with van der Waals surface area (Å²) in [6.45, 7) is 8.10. The van der Waals surface area contributed by atoms with Crippen molar-refractivity contribution in [2.24, 2.45) is 0 Å². The second kappa shape index (κ2) is 9.63. The lowest BCUT2D eigenvalue weighted by Crippen LogP contribution is -2.33. The van der Waals surface area contributed by atoms with Crippen LogP contribution < -0.4 is 9.64 Å². The van der Waals surface area contributed by atoms with Crippen molar-refractivity contribution in [3.05, 3.63) is 43.0 Å². The van der Waals surface area contributed by atoms with Crippen LogP contribution in [-0.4, -0.2) is 40.8 Å². The molecule has 0 N–H and O–H groups in total. The molecule has 1 aromatic heterocycles. The highest BCUT2D eigenvalue weighted by Crippen LogP contribution is 2.27. The Hall–Kier alpha value is -2.61. The minimum atomic E-state index is -0.549. The summed E-state index contributed by atoms with van der Waals surface area (Å²) in [4.78, 5) is 27.3. The highest BCUT2D eigenvalue weighted by Gasteiger charge is 2.21. The largest absolute Gasteiger partial charge is 0.464 e. The molecule has 1 amide bonds. The number of anilines is 1. The van der Waals surface area contributed by atoms with E-state index in [0.717, 1.165) is 4.90 Å². The Morgan fingerprint density at radius 2 is 1.96 bits per heavy atom. The van der Waals surface area contributed by atoms with Crippen LogP contribution in [0.2, 0.25) is 0 Å². The maximum Gasteiger partial charge on any atom is 0.416 e. The topological polar surface area (TPSA) is 77.4 Å². The van der Waals surface area contributed by atoms with E-state index in [1.165, 1.54) is 16.7 Å². The zero-order chi connectivity index (χ0) is 18.1. The van der Waals surface area contributed by atoms with Crippen LogP contribution >= 0.6 is 11.8 Å². The van der Waals surface area contributed by atoms with Crippen molar-refractivity contribution in [1.82, 2.24) is 15.0 Å². The number of carbonyl (C=O) groups is 1. The Labute approximate surface area is 151 Å². The van der Waals surface area contributed by atoms with Gasteiger partial charge in [0.1, 0.15) is 0 Å². The summed E-state index contributed by atoms with van der Waals surface area (Å²) in [7, 11) is 0. The SMILES string of the molecule is C=CCN(C(=O)OCC)c1nc(OCC)nc(Sc2ccccc2)n1. The van der Waals surface area contributed by atoms with E-state index in [-0.39, 0.29) is 25.1 Å². The Bertz CT molecular complexity index is 712. The minimum absolute atomic E-state index is 0.157. The highest BCUT2D eigenvalue weighted by atomic mass is 32.2. The number of hydrogen-bond acceptors (Lipinski definition) is 7. The quantitative estimate of drug-likeness (QED) is 0.666. The molecular formula is C17H20N4O3S. The van der Waals surface area contributed by atoms with Crippen molar-refractivity contribution < 1.29 is 14.3 Å². The van der Waals surface area contributed by atoms with Crippen molar-refractivity contribution in [2.75, 3.05) is 24.7 Å². The number of ether oxygens (including phenoxy) is 2. The lowest BCUT2D eigenvalue weighted by atomic mass is 10.4. The second-order valence-electron chi connectivity index (χ2n) is 4.65. The Morgan fingerprint density at radius 1 is 1.20 bits per heavy atom. The lowest BCUT2D eigenvalue weighted by Gasteiger charge is -2.18. The molecule has 0 bridgehead atoms. The fourth-order valence-electron chi connectivity index (χ4n) is 1.85. The third-order valence-electron chi connectivity index (χ3n) is 2.85. The van der Waals surface area contributed by atoms with E-state index in [0.29, 0.717) is 11.8 Å². The van der Waals surface area contributed by atoms with Gasteiger partial charge >= 0.3 is 12.1 Å². The summed E-state index contributed by atoms with van der Waals surface area (Å²) >= 11 is 1.36. The third-order valence-corrected chi connectivity index (χ3v) is 3.72. The zero-order valence-electron chi connectivity index (χ0n) is 14.2. The van der Waals surface area contributed by atoms with E-state index in [2.05, 4.69) is 21.5 Å². The molecule has 8 heteroatoms. The fraction of sp³-hybridized carbons (Fsp3) is 0.294. The second-order valence-corrected chi connectivity index (χ2v) is 5.69. The van der Waals surface area contributed by atoms with Gasteiger partial charge in [0.2, 0.25) is 11.1 Å². The van der Waals surface area contributed by atoms with Crippen molar-refractivity contribution >= 4 is 23.8 Å². The average Bonchev–Trinajstić information content (AvgIpc) is 2.61. The molecule has 0 aliphatic carbocycles. The molecule has 132 valence electrons. The number of benzene rings is 1. The Kier molecular flexibility index (Phi) is 7.21. The number of carbonyl (C=O) groups excluding carboxylic acids is 1. The zero-order valence-corrected chi connectivity index (χ0v) is 15.0. The summed E-state index contributed by atoms with van der Waals surface area (Å²) in [6, 6.07) is 9.83. The van der Waals surface area contributed by atoms with Gasteiger partial charge in [-0.2, -0.15) is 15.0 Å². The Morgan fingerprint density at radius 3 is 2.60 bits per heavy atom. The number of nitrogens with zero attached hydrogens (tertiary/aromatic N) is 4. The first kappa shape index (κ1) is 18.7. The summed E-state index contributed by atoms with van der Waals surface area (Å²) in [5, 5.41) is 0.429. The van der Waals surface area contributed by atoms with Crippen LogP contribution in [0.15, 0.2) is 53.0 Å². The van der Waals surface area contributed by atoms with E-state index >= 15 is 0 Å². The molecule has 0 spiro atoms. The van der Waals surface area contributed by atoms with Gasteiger partial charge in [-0.3, -0.25) is 0 Å². The summed E-state index contributed by atoms with van der Waals surface area (Å²) < 4.78 is 10.5. The van der Waals surface area contributed by atoms with Crippen molar-refractivity contribution in [3.63, 3.8) is 0 Å². The molecule has 2 rings (SSSR count). The smallest absolute Gasteiger partial charge is 0.416 e. The summed E-state index contributed by atoms with van der Waals surface area (Å²) in [6.07, 6.45) is 1.03. The maximum absolute atomic E-state index is 12.2. The highest BCUT2D eigenvalue weighted by molar-refractivity contribution is 7.99. The number of amides is 1. The van der Waals surface area contributed by atoms with Crippen LogP contribution in [0.25, 0.3) is 0 Å². The molecule has 25 heavy (non-hydrogen) atoms. The molecule has 0 aliphatic heterocycles. The molecular weight excluding hydrogens is 340 g/mol. The monoisotopic (exact) mass is 360 g/mol. The number of hydrogen-bond donors (Lipinski definition) is 0. The molecule has 0 aliphatic rings. The van der Waals surface area contributed by atoms with Gasteiger partial charge in [0.25, 0.3) is 0 Å². The molecule has 0 radical (unpaired) electrons. The van der Waals surface area contributed by atoms with Crippen LogP contribution in [0.1, 0.15) is 13.8 Å². The minimum Gasteiger partial charge on any atom is -0.464 e. The third kappa shape index (κ3) is 5.46. The predicted molar refractivity (Wildman–Crippen MR) is 96.1 cm³/mol. The van der Waals surface area contributed by atoms with Crippen molar-refractivity contribution in [2.45, 2.75) is 23.9 Å². The van der Waals surface area contributed by atoms with Gasteiger partial charge in [0.05, 0.1) is 19.8 Å². The van der Waals surface area contributed by atoms with Crippen LogP contribution in [0.3, 0.4) is 0 Å². The van der Waals surface area contributed by atoms with Crippen LogP contribution in [-0.2, 0) is 4.74 Å². The first-order valence-electron chi connectivity index (χ1n) is 7.84. The van der Waals surface area contributed by atoms with Crippen molar-refractivity contribution in [3.8, 4) is 6.01 Å². The van der Waals surface area contributed by atoms with Crippen LogP contribution in [0.5, 0.6) is 6.01 Å². The molecule has 0 atom stereocenters. The van der Waals surface area contributed by atoms with E-state index < -0.39 is 6.09 Å². The van der Waals surface area contributed by atoms with Gasteiger partial charge in [-0.05, 0) is 37.7 Å². The van der Waals surface area contributed by atoms with Gasteiger partial charge in [0, 0.05) is 4.90 Å². The Balaban J connectivity index is 2.37. The average molecular weight is 360 g/mol. The summed E-state index contributed by atoms with van der Waals surface area (Å²) in [5.74, 6) is 0.162. The van der Waals surface area contributed by atoms with Crippen LogP contribution in [0.4, 0.5) is 10.7 Å². The van der Waals surface area contributed by atoms with Gasteiger partial charge < -0.3 is 9.47 Å². The van der Waals surface area contributed by atoms with E-state index in [9.17, 15) is 4.79 Å². The van der Waals surface area contributed by atoms with Gasteiger partial charge in [0.15, 0.2) is 0 Å². The first-order chi connectivity index (χ1) is 12.2. The van der Waals surface area contributed by atoms with E-state index in [4.69, 9.17) is 9.47 Å². The van der Waals surface area contributed by atoms with Gasteiger partial charge in [-0.25, -0.2) is 9.69 Å². The van der Waals surface area contributed by atoms with E-state index in [1.807, 2.05) is 37.3 Å². The molecule has 1 heterocycles. The predicted octanol–water partition coefficient (Wildman–Crippen LogP) is 3.57. The van der Waals surface area contributed by atoms with E-state index in [1.54, 1.807) is 13.0 Å². The molecule has 0 saturated heterocycles. The fourth-order valence-corrected chi connectivity index (χ4v) is 2.61. The molecule has 1 aromatic carbocycles. The molecule has 0 unspecified atom stereocenters. The number of rotatable bonds is 8. The lowest BCUT2D eigenvalue weighted by molar-refractivity contribution is 0.160. The van der Waals surface area contributed by atoms with Crippen LogP contribution in [0, 0.1) is 0 Å². The first-order valence-corrected chi connectivity index (χ1v) is 8.66. The van der Waals surface area contributed by atoms with Gasteiger partial charge in [-0.1, -0.05) is 24.3 Å². The maximum atomic E-state index is 12.2. The summed E-state index contributed by atoms with van der Waals surface area (Å²) in [5.41, 5.74) is 0. The van der Waals surface area contributed by atoms with Crippen molar-refractivity contribution in [1.29, 1.82) is 0 Å². The normalized spacial score (nSPS) is 10.2. The molecule has 7 nitrogen and oxygen atoms in total. The standard InChI is InChI=1S/C17H20N4O3S/c1-4-12-21(17(22)24-6-3)14-18-15(23-5-2)20-16(19-14)25-13-10-8-7-9-11-13/h4,7-11H,1,5-6,12H2,2-3H3. The molecule has 2 aromatic rings. The molecule has 0 fully saturated rings. The number of aromatic nitrogens is 3.